The Labute approximate surface area is 420 Å². The van der Waals surface area contributed by atoms with Gasteiger partial charge in [-0.15, -0.1) is 0 Å². The molecule has 0 spiro atoms. The van der Waals surface area contributed by atoms with E-state index in [1.54, 1.807) is 48.2 Å². The number of primary amides is 1. The smallest absolute Gasteiger partial charge is 0.410 e. The minimum absolute atomic E-state index is 0.0329. The standard InChI is InChI=1S/C51H60N8O14/c1-51(19-18-31-33(26-51)45(66)41-42(43(31)64)46(67)40-32(44(41)65)8-6-10-35(40)72-2)48(69)57-22-24-58(25-23-57)50(71)73-28-29-12-14-30(15-13-29)55-47(68)34(9-7-20-53-49(52)70)56-37(61)27-54-36(60)11-4-3-5-21-59-38(62)16-17-39(59)63/h6,8,10,12-17,34,41-42,64,66H,3-5,7,9,11,18-28H2,1-2H3,(H,54,60)(H,55,68)(H,56,61)(H3,52,53,70)/t34-,41?,42?,51-/m0/s1. The van der Waals surface area contributed by atoms with Crippen molar-refractivity contribution in [3.05, 3.63) is 94.0 Å². The van der Waals surface area contributed by atoms with Crippen LogP contribution in [0.15, 0.2) is 77.3 Å². The van der Waals surface area contributed by atoms with Crippen molar-refractivity contribution in [1.82, 2.24) is 30.7 Å². The molecule has 2 aromatic rings. The molecule has 9 amide bonds. The number of ketones is 2. The Kier molecular flexibility index (Phi) is 16.6. The number of rotatable bonds is 19. The molecule has 2 unspecified atom stereocenters. The third kappa shape index (κ3) is 12.0. The van der Waals surface area contributed by atoms with Crippen LogP contribution in [-0.2, 0) is 40.1 Å². The number of unbranched alkanes of at least 4 members (excludes halogenated alkanes) is 2. The number of benzene rings is 2. The number of carbonyl (C=O) groups is 10. The van der Waals surface area contributed by atoms with E-state index in [9.17, 15) is 58.2 Å². The Morgan fingerprint density at radius 3 is 2.16 bits per heavy atom. The van der Waals surface area contributed by atoms with Crippen molar-refractivity contribution in [3.63, 3.8) is 0 Å². The predicted molar refractivity (Wildman–Crippen MR) is 259 cm³/mol. The number of methoxy groups -OCH3 is 1. The van der Waals surface area contributed by atoms with Crippen LogP contribution in [-0.4, -0.2) is 143 Å². The number of nitrogens with zero attached hydrogens (tertiary/aromatic N) is 3. The van der Waals surface area contributed by atoms with Crippen LogP contribution in [0.1, 0.15) is 91.0 Å². The summed E-state index contributed by atoms with van der Waals surface area (Å²) in [7, 11) is 1.38. The number of nitrogens with two attached hydrogens (primary N) is 1. The van der Waals surface area contributed by atoms with Crippen molar-refractivity contribution in [2.45, 2.75) is 77.4 Å². The first-order valence-electron chi connectivity index (χ1n) is 24.2. The lowest BCUT2D eigenvalue weighted by molar-refractivity contribution is -0.143. The lowest BCUT2D eigenvalue weighted by atomic mass is 9.62. The molecular formula is C51H60N8O14. The van der Waals surface area contributed by atoms with Gasteiger partial charge in [-0.05, 0) is 79.9 Å². The van der Waals surface area contributed by atoms with E-state index >= 15 is 0 Å². The maximum Gasteiger partial charge on any atom is 0.410 e. The monoisotopic (exact) mass is 1010 g/mol. The number of anilines is 1. The highest BCUT2D eigenvalue weighted by atomic mass is 16.6. The molecule has 8 N–H and O–H groups in total. The van der Waals surface area contributed by atoms with Crippen LogP contribution in [0, 0.1) is 17.3 Å². The molecule has 3 aliphatic carbocycles. The summed E-state index contributed by atoms with van der Waals surface area (Å²) in [4.78, 5) is 132. The van der Waals surface area contributed by atoms with Crippen molar-refractivity contribution in [2.24, 2.45) is 23.0 Å². The number of piperazine rings is 1. The molecule has 388 valence electrons. The zero-order valence-corrected chi connectivity index (χ0v) is 40.7. The van der Waals surface area contributed by atoms with E-state index in [1.807, 2.05) is 0 Å². The van der Waals surface area contributed by atoms with Crippen LogP contribution >= 0.6 is 0 Å². The second-order valence-electron chi connectivity index (χ2n) is 18.9. The number of nitrogens with one attached hydrogen (secondary N) is 4. The molecule has 0 aromatic heterocycles. The number of Topliss-reactive ketones (excluding diaryl/α,β-unsaturated/α-hetero) is 2. The normalized spacial score (nSPS) is 20.7. The lowest BCUT2D eigenvalue weighted by Crippen LogP contribution is -2.54. The van der Waals surface area contributed by atoms with Gasteiger partial charge in [-0.25, -0.2) is 9.59 Å². The summed E-state index contributed by atoms with van der Waals surface area (Å²) < 4.78 is 10.9. The molecule has 1 saturated carbocycles. The number of ether oxygens (including phenoxy) is 2. The van der Waals surface area contributed by atoms with Gasteiger partial charge in [-0.2, -0.15) is 0 Å². The van der Waals surface area contributed by atoms with Crippen LogP contribution in [0.2, 0.25) is 0 Å². The third-order valence-electron chi connectivity index (χ3n) is 13.9. The number of imide groups is 1. The van der Waals surface area contributed by atoms with Crippen molar-refractivity contribution in [1.29, 1.82) is 0 Å². The average Bonchev–Trinajstić information content (AvgIpc) is 3.70. The Morgan fingerprint density at radius 2 is 1.48 bits per heavy atom. The number of hydrogen-bond acceptors (Lipinski definition) is 14. The number of fused-ring (bicyclic) bond motifs is 3. The molecule has 2 aromatic carbocycles. The molecule has 7 rings (SSSR count). The van der Waals surface area contributed by atoms with Crippen LogP contribution in [0.4, 0.5) is 15.3 Å². The first-order valence-corrected chi connectivity index (χ1v) is 24.2. The van der Waals surface area contributed by atoms with Crippen LogP contribution in [0.25, 0.3) is 0 Å². The summed E-state index contributed by atoms with van der Waals surface area (Å²) in [5, 5.41) is 33.4. The van der Waals surface area contributed by atoms with Crippen molar-refractivity contribution in [2.75, 3.05) is 58.2 Å². The minimum atomic E-state index is -1.33. The van der Waals surface area contributed by atoms with Gasteiger partial charge in [0.25, 0.3) is 11.8 Å². The molecule has 2 heterocycles. The molecule has 4 atom stereocenters. The van der Waals surface area contributed by atoms with Gasteiger partial charge < -0.3 is 56.5 Å². The fourth-order valence-electron chi connectivity index (χ4n) is 9.88. The number of urea groups is 1. The highest BCUT2D eigenvalue weighted by molar-refractivity contribution is 6.19. The SMILES string of the molecule is COc1cccc2c1C(=O)C1C(O)=C3CC[C@](C)(C(=O)N4CCN(C(=O)OCc5ccc(NC(=O)[C@H](CCCNC(N)=O)NC(=O)CNC(=O)CCCCCN6C(=O)C=CC6=O)cc5)CC4)CC3=C(O)C1C2=O. The Bertz CT molecular complexity index is 2650. The molecule has 22 nitrogen and oxygen atoms in total. The van der Waals surface area contributed by atoms with Gasteiger partial charge >= 0.3 is 12.1 Å². The van der Waals surface area contributed by atoms with E-state index in [0.29, 0.717) is 48.1 Å². The van der Waals surface area contributed by atoms with Gasteiger partial charge in [0.15, 0.2) is 11.6 Å². The summed E-state index contributed by atoms with van der Waals surface area (Å²) in [6.45, 7) is 2.45. The summed E-state index contributed by atoms with van der Waals surface area (Å²) in [5.74, 6) is -6.59. The quantitative estimate of drug-likeness (QED) is 0.0786. The van der Waals surface area contributed by atoms with Crippen molar-refractivity contribution < 1.29 is 67.6 Å². The van der Waals surface area contributed by atoms with E-state index in [-0.39, 0.29) is 124 Å². The van der Waals surface area contributed by atoms with Crippen molar-refractivity contribution in [3.8, 4) is 5.75 Å². The highest BCUT2D eigenvalue weighted by Crippen LogP contribution is 2.53. The highest BCUT2D eigenvalue weighted by Gasteiger charge is 2.54. The number of aliphatic hydroxyl groups excluding tert-OH is 2. The maximum absolute atomic E-state index is 14.1. The molecule has 2 aliphatic heterocycles. The van der Waals surface area contributed by atoms with Gasteiger partial charge in [0.1, 0.15) is 29.9 Å². The topological polar surface area (TPSA) is 313 Å². The Morgan fingerprint density at radius 1 is 0.808 bits per heavy atom. The van der Waals surface area contributed by atoms with Crippen molar-refractivity contribution >= 4 is 64.8 Å². The number of aliphatic hydroxyl groups is 2. The summed E-state index contributed by atoms with van der Waals surface area (Å²) in [6.07, 6.45) is 4.42. The molecule has 22 heteroatoms. The van der Waals surface area contributed by atoms with Gasteiger partial charge in [-0.3, -0.25) is 43.3 Å². The van der Waals surface area contributed by atoms with E-state index < -0.39 is 71.2 Å². The van der Waals surface area contributed by atoms with E-state index in [2.05, 4.69) is 21.3 Å². The Balaban J connectivity index is 0.851. The van der Waals surface area contributed by atoms with Crippen LogP contribution < -0.4 is 31.7 Å². The third-order valence-corrected chi connectivity index (χ3v) is 13.9. The maximum atomic E-state index is 14.1. The Hall–Kier alpha value is -8.04. The minimum Gasteiger partial charge on any atom is -0.511 e. The van der Waals surface area contributed by atoms with Gasteiger partial charge in [0, 0.05) is 69.1 Å². The second kappa shape index (κ2) is 23.0. The molecule has 1 saturated heterocycles. The van der Waals surface area contributed by atoms with E-state index in [4.69, 9.17) is 15.2 Å². The number of amides is 9. The molecule has 73 heavy (non-hydrogen) atoms. The molecule has 2 fully saturated rings. The van der Waals surface area contributed by atoms with E-state index in [1.165, 1.54) is 30.2 Å². The number of allylic oxidation sites excluding steroid dienone is 4. The zero-order chi connectivity index (χ0) is 52.6. The lowest BCUT2D eigenvalue weighted by Gasteiger charge is -2.44. The van der Waals surface area contributed by atoms with Crippen LogP contribution in [0.3, 0.4) is 0 Å². The summed E-state index contributed by atoms with van der Waals surface area (Å²) in [6, 6.07) is 9.30. The fourth-order valence-corrected chi connectivity index (χ4v) is 9.88. The first kappa shape index (κ1) is 52.8. The second-order valence-corrected chi connectivity index (χ2v) is 18.9. The van der Waals surface area contributed by atoms with Crippen LogP contribution in [0.5, 0.6) is 5.75 Å². The molecule has 0 bridgehead atoms. The summed E-state index contributed by atoms with van der Waals surface area (Å²) in [5.41, 5.74) is 5.93. The number of carbonyl (C=O) groups excluding carboxylic acids is 10. The first-order chi connectivity index (χ1) is 34.9. The zero-order valence-electron chi connectivity index (χ0n) is 40.7. The van der Waals surface area contributed by atoms with Gasteiger partial charge in [0.2, 0.25) is 23.6 Å². The molecule has 5 aliphatic rings. The number of hydrogen-bond donors (Lipinski definition) is 7. The van der Waals surface area contributed by atoms with Gasteiger partial charge in [0.05, 0.1) is 36.5 Å². The van der Waals surface area contributed by atoms with E-state index in [0.717, 1.165) is 4.90 Å². The fraction of sp³-hybridized carbons (Fsp3) is 0.451. The predicted octanol–water partition coefficient (Wildman–Crippen LogP) is 3.09. The van der Waals surface area contributed by atoms with Gasteiger partial charge in [-0.1, -0.05) is 37.6 Å². The molecular weight excluding hydrogens is 949 g/mol. The molecule has 0 radical (unpaired) electrons. The largest absolute Gasteiger partial charge is 0.511 e. The summed E-state index contributed by atoms with van der Waals surface area (Å²) >= 11 is 0. The average molecular weight is 1010 g/mol.